The van der Waals surface area contributed by atoms with Crippen molar-refractivity contribution >= 4 is 33.4 Å². The van der Waals surface area contributed by atoms with Gasteiger partial charge in [-0.3, -0.25) is 0 Å². The molecule has 1 aromatic carbocycles. The van der Waals surface area contributed by atoms with Crippen LogP contribution in [0.2, 0.25) is 0 Å². The van der Waals surface area contributed by atoms with Gasteiger partial charge in [0, 0.05) is 40.8 Å². The minimum Gasteiger partial charge on any atom is -0.367 e. The van der Waals surface area contributed by atoms with Crippen molar-refractivity contribution in [2.75, 3.05) is 23.0 Å². The molecule has 1 heterocycles. The SMILES string of the molecule is CC1CSCCN1c1cc(Br)cc(CN)c1. The minimum atomic E-state index is 0.601. The lowest BCUT2D eigenvalue weighted by Crippen LogP contribution is -2.40. The predicted molar refractivity (Wildman–Crippen MR) is 76.2 cm³/mol. The van der Waals surface area contributed by atoms with E-state index in [0.29, 0.717) is 12.6 Å². The van der Waals surface area contributed by atoms with Crippen LogP contribution in [0.25, 0.3) is 0 Å². The molecule has 0 bridgehead atoms. The summed E-state index contributed by atoms with van der Waals surface area (Å²) in [6.45, 7) is 4.02. The van der Waals surface area contributed by atoms with Gasteiger partial charge in [0.1, 0.15) is 0 Å². The molecule has 1 atom stereocenters. The summed E-state index contributed by atoms with van der Waals surface area (Å²) in [6.07, 6.45) is 0. The largest absolute Gasteiger partial charge is 0.367 e. The molecular formula is C12H17BrN2S. The molecular weight excluding hydrogens is 284 g/mol. The van der Waals surface area contributed by atoms with E-state index in [1.165, 1.54) is 22.8 Å². The minimum absolute atomic E-state index is 0.601. The van der Waals surface area contributed by atoms with Crippen molar-refractivity contribution in [1.82, 2.24) is 0 Å². The molecule has 0 aliphatic carbocycles. The summed E-state index contributed by atoms with van der Waals surface area (Å²) in [7, 11) is 0. The zero-order valence-corrected chi connectivity index (χ0v) is 11.9. The molecule has 2 rings (SSSR count). The number of rotatable bonds is 2. The van der Waals surface area contributed by atoms with Crippen LogP contribution in [-0.2, 0) is 6.54 Å². The highest BCUT2D eigenvalue weighted by atomic mass is 79.9. The number of nitrogens with zero attached hydrogens (tertiary/aromatic N) is 1. The Morgan fingerprint density at radius 1 is 1.50 bits per heavy atom. The second kappa shape index (κ2) is 5.43. The summed E-state index contributed by atoms with van der Waals surface area (Å²) in [4.78, 5) is 2.47. The summed E-state index contributed by atoms with van der Waals surface area (Å²) < 4.78 is 1.12. The molecule has 0 spiro atoms. The van der Waals surface area contributed by atoms with Crippen LogP contribution in [0, 0.1) is 0 Å². The molecule has 2 nitrogen and oxygen atoms in total. The lowest BCUT2D eigenvalue weighted by molar-refractivity contribution is 0.699. The van der Waals surface area contributed by atoms with Crippen LogP contribution < -0.4 is 10.6 Å². The van der Waals surface area contributed by atoms with Crippen molar-refractivity contribution in [2.24, 2.45) is 5.73 Å². The molecule has 1 saturated heterocycles. The fourth-order valence-corrected chi connectivity index (χ4v) is 3.57. The maximum atomic E-state index is 5.71. The summed E-state index contributed by atoms with van der Waals surface area (Å²) >= 11 is 5.59. The van der Waals surface area contributed by atoms with Gasteiger partial charge in [-0.05, 0) is 30.7 Å². The average Bonchev–Trinajstić information content (AvgIpc) is 2.28. The number of nitrogens with two attached hydrogens (primary N) is 1. The highest BCUT2D eigenvalue weighted by molar-refractivity contribution is 9.10. The first-order chi connectivity index (χ1) is 7.70. The Hall–Kier alpha value is -0.190. The molecule has 1 fully saturated rings. The zero-order chi connectivity index (χ0) is 11.5. The maximum absolute atomic E-state index is 5.71. The van der Waals surface area contributed by atoms with Gasteiger partial charge in [-0.15, -0.1) is 0 Å². The number of hydrogen-bond donors (Lipinski definition) is 1. The summed E-state index contributed by atoms with van der Waals surface area (Å²) in [5.74, 6) is 2.43. The Balaban J connectivity index is 2.27. The predicted octanol–water partition coefficient (Wildman–Crippen LogP) is 2.85. The van der Waals surface area contributed by atoms with Crippen LogP contribution in [0.3, 0.4) is 0 Å². The van der Waals surface area contributed by atoms with Crippen molar-refractivity contribution in [3.05, 3.63) is 28.2 Å². The summed E-state index contributed by atoms with van der Waals surface area (Å²) in [5, 5.41) is 0. The Bertz CT molecular complexity index is 370. The van der Waals surface area contributed by atoms with E-state index in [9.17, 15) is 0 Å². The van der Waals surface area contributed by atoms with Crippen molar-refractivity contribution in [1.29, 1.82) is 0 Å². The molecule has 1 unspecified atom stereocenters. The van der Waals surface area contributed by atoms with Crippen molar-refractivity contribution in [3.8, 4) is 0 Å². The molecule has 1 aliphatic rings. The summed E-state index contributed by atoms with van der Waals surface area (Å²) in [6, 6.07) is 7.09. The lowest BCUT2D eigenvalue weighted by atomic mass is 10.1. The number of halogens is 1. The van der Waals surface area contributed by atoms with E-state index >= 15 is 0 Å². The third-order valence-corrected chi connectivity index (χ3v) is 4.52. The van der Waals surface area contributed by atoms with E-state index in [-0.39, 0.29) is 0 Å². The van der Waals surface area contributed by atoms with E-state index < -0.39 is 0 Å². The van der Waals surface area contributed by atoms with Gasteiger partial charge in [-0.25, -0.2) is 0 Å². The number of hydrogen-bond acceptors (Lipinski definition) is 3. The van der Waals surface area contributed by atoms with Gasteiger partial charge in [-0.1, -0.05) is 15.9 Å². The molecule has 2 N–H and O–H groups in total. The first-order valence-electron chi connectivity index (χ1n) is 5.54. The first kappa shape index (κ1) is 12.3. The van der Waals surface area contributed by atoms with Crippen LogP contribution in [0.4, 0.5) is 5.69 Å². The molecule has 0 aromatic heterocycles. The topological polar surface area (TPSA) is 29.3 Å². The van der Waals surface area contributed by atoms with Crippen LogP contribution in [0.5, 0.6) is 0 Å². The van der Waals surface area contributed by atoms with Crippen LogP contribution in [0.15, 0.2) is 22.7 Å². The van der Waals surface area contributed by atoms with Crippen LogP contribution in [0.1, 0.15) is 12.5 Å². The molecule has 4 heteroatoms. The van der Waals surface area contributed by atoms with E-state index in [2.05, 4.69) is 46.0 Å². The molecule has 88 valence electrons. The monoisotopic (exact) mass is 300 g/mol. The molecule has 1 aliphatic heterocycles. The second-order valence-electron chi connectivity index (χ2n) is 4.14. The standard InChI is InChI=1S/C12H17BrN2S/c1-9-8-16-3-2-15(9)12-5-10(7-14)4-11(13)6-12/h4-6,9H,2-3,7-8,14H2,1H3. The fourth-order valence-electron chi connectivity index (χ4n) is 2.03. The van der Waals surface area contributed by atoms with Gasteiger partial charge >= 0.3 is 0 Å². The van der Waals surface area contributed by atoms with Crippen molar-refractivity contribution in [2.45, 2.75) is 19.5 Å². The van der Waals surface area contributed by atoms with Gasteiger partial charge in [0.25, 0.3) is 0 Å². The quantitative estimate of drug-likeness (QED) is 0.911. The normalized spacial score (nSPS) is 21.2. The second-order valence-corrected chi connectivity index (χ2v) is 6.20. The number of benzene rings is 1. The lowest BCUT2D eigenvalue weighted by Gasteiger charge is -2.35. The smallest absolute Gasteiger partial charge is 0.0383 e. The van der Waals surface area contributed by atoms with Crippen LogP contribution >= 0.6 is 27.7 Å². The van der Waals surface area contributed by atoms with Crippen molar-refractivity contribution in [3.63, 3.8) is 0 Å². The molecule has 0 saturated carbocycles. The third kappa shape index (κ3) is 2.73. The fraction of sp³-hybridized carbons (Fsp3) is 0.500. The van der Waals surface area contributed by atoms with Gasteiger partial charge in [0.05, 0.1) is 0 Å². The third-order valence-electron chi connectivity index (χ3n) is 2.88. The zero-order valence-electron chi connectivity index (χ0n) is 9.45. The van der Waals surface area contributed by atoms with E-state index in [4.69, 9.17) is 5.73 Å². The number of anilines is 1. The van der Waals surface area contributed by atoms with Gasteiger partial charge in [-0.2, -0.15) is 11.8 Å². The summed E-state index contributed by atoms with van der Waals surface area (Å²) in [5.41, 5.74) is 8.19. The van der Waals surface area contributed by atoms with Gasteiger partial charge in [0.15, 0.2) is 0 Å². The average molecular weight is 301 g/mol. The molecule has 16 heavy (non-hydrogen) atoms. The first-order valence-corrected chi connectivity index (χ1v) is 7.49. The Labute approximate surface area is 110 Å². The van der Waals surface area contributed by atoms with Gasteiger partial charge < -0.3 is 10.6 Å². The van der Waals surface area contributed by atoms with E-state index in [1.54, 1.807) is 0 Å². The Kier molecular flexibility index (Phi) is 4.16. The Morgan fingerprint density at radius 3 is 3.00 bits per heavy atom. The Morgan fingerprint density at radius 2 is 2.31 bits per heavy atom. The molecule has 0 radical (unpaired) electrons. The highest BCUT2D eigenvalue weighted by Gasteiger charge is 2.19. The van der Waals surface area contributed by atoms with Crippen molar-refractivity contribution < 1.29 is 0 Å². The molecule has 1 aromatic rings. The maximum Gasteiger partial charge on any atom is 0.0383 e. The molecule has 0 amide bonds. The van der Waals surface area contributed by atoms with E-state index in [1.807, 2.05) is 11.8 Å². The van der Waals surface area contributed by atoms with Gasteiger partial charge in [0.2, 0.25) is 0 Å². The highest BCUT2D eigenvalue weighted by Crippen LogP contribution is 2.27. The number of thioether (sulfide) groups is 1. The van der Waals surface area contributed by atoms with Crippen LogP contribution in [-0.4, -0.2) is 24.1 Å². The van der Waals surface area contributed by atoms with E-state index in [0.717, 1.165) is 11.0 Å².